The lowest BCUT2D eigenvalue weighted by Crippen LogP contribution is -2.15. The van der Waals surface area contributed by atoms with Gasteiger partial charge in [-0.15, -0.1) is 0 Å². The monoisotopic (exact) mass is 635 g/mol. The van der Waals surface area contributed by atoms with Crippen LogP contribution in [0.25, 0.3) is 0 Å². The van der Waals surface area contributed by atoms with E-state index >= 15 is 0 Å². The van der Waals surface area contributed by atoms with Gasteiger partial charge in [-0.25, -0.2) is 0 Å². The molecule has 0 spiro atoms. The van der Waals surface area contributed by atoms with E-state index in [4.69, 9.17) is 37.9 Å². The van der Waals surface area contributed by atoms with Crippen molar-refractivity contribution in [3.8, 4) is 0 Å². The zero-order valence-electron chi connectivity index (χ0n) is 29.3. The lowest BCUT2D eigenvalue weighted by molar-refractivity contribution is -0.0232. The highest BCUT2D eigenvalue weighted by atomic mass is 16.6. The topological polar surface area (TPSA) is 73.8 Å². The van der Waals surface area contributed by atoms with Crippen molar-refractivity contribution in [2.45, 2.75) is 129 Å². The molecule has 0 saturated heterocycles. The molecule has 0 fully saturated rings. The van der Waals surface area contributed by atoms with Crippen LogP contribution in [0.15, 0.2) is 0 Å². The molecule has 0 N–H and O–H groups in total. The summed E-state index contributed by atoms with van der Waals surface area (Å²) in [7, 11) is 0. The molecular weight excluding hydrogens is 560 g/mol. The average Bonchev–Trinajstić information content (AvgIpc) is 3.04. The maximum absolute atomic E-state index is 5.68. The fourth-order valence-electron chi connectivity index (χ4n) is 4.67. The summed E-state index contributed by atoms with van der Waals surface area (Å²) in [5.74, 6) is 0. The van der Waals surface area contributed by atoms with Crippen molar-refractivity contribution in [3.05, 3.63) is 0 Å². The highest BCUT2D eigenvalue weighted by molar-refractivity contribution is 4.49. The molecule has 0 rings (SSSR count). The Morgan fingerprint density at radius 1 is 0.182 bits per heavy atom. The molecule has 0 aliphatic rings. The van der Waals surface area contributed by atoms with Crippen LogP contribution < -0.4 is 0 Å². The molecule has 0 amide bonds. The molecule has 8 heteroatoms. The first-order valence-electron chi connectivity index (χ1n) is 18.5. The summed E-state index contributed by atoms with van der Waals surface area (Å²) in [5.41, 5.74) is 0. The highest BCUT2D eigenvalue weighted by Gasteiger charge is 1.97. The maximum atomic E-state index is 5.68. The van der Waals surface area contributed by atoms with Gasteiger partial charge in [0, 0.05) is 13.2 Å². The Morgan fingerprint density at radius 2 is 0.341 bits per heavy atom. The third-order valence-corrected chi connectivity index (χ3v) is 7.39. The van der Waals surface area contributed by atoms with Crippen LogP contribution in [0.5, 0.6) is 0 Å². The Balaban J connectivity index is 3.03. The van der Waals surface area contributed by atoms with Crippen LogP contribution >= 0.6 is 0 Å². The first-order valence-corrected chi connectivity index (χ1v) is 18.5. The molecule has 0 unspecified atom stereocenters. The molecule has 8 nitrogen and oxygen atoms in total. The zero-order valence-corrected chi connectivity index (χ0v) is 29.3. The van der Waals surface area contributed by atoms with Crippen molar-refractivity contribution in [1.29, 1.82) is 0 Å². The minimum atomic E-state index is 0.553. The van der Waals surface area contributed by atoms with Gasteiger partial charge in [0.15, 0.2) is 0 Å². The number of rotatable bonds is 41. The third kappa shape index (κ3) is 41.7. The minimum Gasteiger partial charge on any atom is -0.379 e. The normalized spacial score (nSPS) is 11.6. The standard InChI is InChI=1S/C36H74O8/c1-3-5-7-9-10-11-12-13-14-15-16-17-18-20-22-38-24-26-40-28-30-42-32-34-44-36-35-43-33-31-41-29-27-39-25-23-37-21-19-8-6-4-2/h3-36H2,1-2H3. The molecule has 0 radical (unpaired) electrons. The van der Waals surface area contributed by atoms with Gasteiger partial charge in [0.2, 0.25) is 0 Å². The van der Waals surface area contributed by atoms with E-state index in [2.05, 4.69) is 13.8 Å². The summed E-state index contributed by atoms with van der Waals surface area (Å²) < 4.78 is 44.3. The van der Waals surface area contributed by atoms with Gasteiger partial charge in [-0.1, -0.05) is 117 Å². The fraction of sp³-hybridized carbons (Fsp3) is 1.00. The number of ether oxygens (including phenoxy) is 8. The lowest BCUT2D eigenvalue weighted by Gasteiger charge is -2.09. The van der Waals surface area contributed by atoms with E-state index in [-0.39, 0.29) is 0 Å². The van der Waals surface area contributed by atoms with Gasteiger partial charge in [-0.3, -0.25) is 0 Å². The first-order chi connectivity index (χ1) is 21.9. The number of hydrogen-bond donors (Lipinski definition) is 0. The van der Waals surface area contributed by atoms with Crippen LogP contribution in [-0.2, 0) is 37.9 Å². The van der Waals surface area contributed by atoms with E-state index in [1.165, 1.54) is 103 Å². The van der Waals surface area contributed by atoms with Crippen molar-refractivity contribution < 1.29 is 37.9 Å². The van der Waals surface area contributed by atoms with Gasteiger partial charge in [0.05, 0.1) is 92.5 Å². The largest absolute Gasteiger partial charge is 0.379 e. The fourth-order valence-corrected chi connectivity index (χ4v) is 4.67. The van der Waals surface area contributed by atoms with E-state index in [0.29, 0.717) is 92.5 Å². The van der Waals surface area contributed by atoms with Crippen molar-refractivity contribution in [1.82, 2.24) is 0 Å². The predicted molar refractivity (Wildman–Crippen MR) is 181 cm³/mol. The second-order valence-electron chi connectivity index (χ2n) is 11.6. The highest BCUT2D eigenvalue weighted by Crippen LogP contribution is 2.13. The number of unbranched alkanes of at least 4 members (excludes halogenated alkanes) is 16. The lowest BCUT2D eigenvalue weighted by atomic mass is 10.0. The van der Waals surface area contributed by atoms with Crippen LogP contribution in [0.2, 0.25) is 0 Å². The summed E-state index contributed by atoms with van der Waals surface area (Å²) in [6.07, 6.45) is 24.3. The SMILES string of the molecule is CCCCCCCCCCCCCCCCOCCOCCOCCOCCOCCOCCOCCOCCCCCC. The van der Waals surface area contributed by atoms with Crippen molar-refractivity contribution >= 4 is 0 Å². The molecule has 0 atom stereocenters. The molecule has 0 heterocycles. The molecule has 0 bridgehead atoms. The Hall–Kier alpha value is -0.320. The molecule has 266 valence electrons. The Morgan fingerprint density at radius 3 is 0.568 bits per heavy atom. The molecular formula is C36H74O8. The summed E-state index contributed by atoms with van der Waals surface area (Å²) >= 11 is 0. The predicted octanol–water partition coefficient (Wildman–Crippen LogP) is 8.18. The maximum Gasteiger partial charge on any atom is 0.0701 e. The van der Waals surface area contributed by atoms with E-state index < -0.39 is 0 Å². The molecule has 44 heavy (non-hydrogen) atoms. The molecule has 0 aromatic rings. The van der Waals surface area contributed by atoms with Crippen molar-refractivity contribution in [2.24, 2.45) is 0 Å². The van der Waals surface area contributed by atoms with E-state index in [1.54, 1.807) is 0 Å². The molecule has 0 aromatic heterocycles. The molecule has 0 saturated carbocycles. The average molecular weight is 635 g/mol. The number of hydrogen-bond acceptors (Lipinski definition) is 8. The van der Waals surface area contributed by atoms with Gasteiger partial charge in [-0.2, -0.15) is 0 Å². The van der Waals surface area contributed by atoms with Crippen molar-refractivity contribution in [3.63, 3.8) is 0 Å². The summed E-state index contributed by atoms with van der Waals surface area (Å²) in [6.45, 7) is 14.4. The Kier molecular flexibility index (Phi) is 42.4. The van der Waals surface area contributed by atoms with Crippen LogP contribution in [0.3, 0.4) is 0 Å². The van der Waals surface area contributed by atoms with Crippen LogP contribution in [0, 0.1) is 0 Å². The Bertz CT molecular complexity index is 441. The van der Waals surface area contributed by atoms with Crippen LogP contribution in [0.4, 0.5) is 0 Å². The first kappa shape index (κ1) is 43.7. The van der Waals surface area contributed by atoms with Crippen LogP contribution in [0.1, 0.15) is 129 Å². The zero-order chi connectivity index (χ0) is 31.7. The van der Waals surface area contributed by atoms with Gasteiger partial charge in [0.25, 0.3) is 0 Å². The van der Waals surface area contributed by atoms with E-state index in [0.717, 1.165) is 26.1 Å². The second kappa shape index (κ2) is 42.7. The van der Waals surface area contributed by atoms with E-state index in [1.807, 2.05) is 0 Å². The summed E-state index contributed by atoms with van der Waals surface area (Å²) in [5, 5.41) is 0. The minimum absolute atomic E-state index is 0.553. The second-order valence-corrected chi connectivity index (χ2v) is 11.6. The summed E-state index contributed by atoms with van der Waals surface area (Å²) in [6, 6.07) is 0. The van der Waals surface area contributed by atoms with Gasteiger partial charge >= 0.3 is 0 Å². The van der Waals surface area contributed by atoms with Gasteiger partial charge in [0.1, 0.15) is 0 Å². The van der Waals surface area contributed by atoms with Crippen molar-refractivity contribution in [2.75, 3.05) is 106 Å². The summed E-state index contributed by atoms with van der Waals surface area (Å²) in [4.78, 5) is 0. The van der Waals surface area contributed by atoms with Gasteiger partial charge in [-0.05, 0) is 12.8 Å². The Labute approximate surface area is 272 Å². The third-order valence-electron chi connectivity index (χ3n) is 7.39. The van der Waals surface area contributed by atoms with Gasteiger partial charge < -0.3 is 37.9 Å². The molecule has 0 aliphatic carbocycles. The molecule has 0 aromatic carbocycles. The quantitative estimate of drug-likeness (QED) is 0.0624. The van der Waals surface area contributed by atoms with Crippen LogP contribution in [-0.4, -0.2) is 106 Å². The smallest absolute Gasteiger partial charge is 0.0701 e. The van der Waals surface area contributed by atoms with E-state index in [9.17, 15) is 0 Å². The molecule has 0 aliphatic heterocycles.